The molecule has 2 nitrogen and oxygen atoms in total. The fourth-order valence-corrected chi connectivity index (χ4v) is 6.02. The van der Waals surface area contributed by atoms with Crippen molar-refractivity contribution in [2.24, 2.45) is 22.7 Å². The Kier molecular flexibility index (Phi) is 3.78. The second-order valence-corrected chi connectivity index (χ2v) is 10.2. The van der Waals surface area contributed by atoms with E-state index in [0.29, 0.717) is 0 Å². The lowest BCUT2D eigenvalue weighted by Crippen LogP contribution is -2.53. The zero-order valence-corrected chi connectivity index (χ0v) is 15.5. The molecule has 2 saturated heterocycles. The van der Waals surface area contributed by atoms with Crippen molar-refractivity contribution in [1.82, 2.24) is 0 Å². The van der Waals surface area contributed by atoms with E-state index in [1.165, 1.54) is 44.9 Å². The lowest BCUT2D eigenvalue weighted by atomic mass is 9.69. The molecule has 2 heterocycles. The predicted molar refractivity (Wildman–Crippen MR) is 90.8 cm³/mol. The predicted octanol–water partition coefficient (Wildman–Crippen LogP) is 4.94. The number of aliphatic hydroxyl groups is 1. The third kappa shape index (κ3) is 2.55. The van der Waals surface area contributed by atoms with Gasteiger partial charge in [0.05, 0.1) is 17.3 Å². The summed E-state index contributed by atoms with van der Waals surface area (Å²) in [6.07, 6.45) is 9.08. The average molecular weight is 309 g/mol. The zero-order valence-electron chi connectivity index (χ0n) is 15.5. The minimum atomic E-state index is -0.0613. The first kappa shape index (κ1) is 16.8. The molecule has 1 unspecified atom stereocenters. The third-order valence-electron chi connectivity index (χ3n) is 7.73. The molecule has 0 spiro atoms. The molecule has 2 heteroatoms. The molecule has 2 aliphatic heterocycles. The molecule has 5 rings (SSSR count). The van der Waals surface area contributed by atoms with Crippen molar-refractivity contribution < 1.29 is 9.84 Å². The van der Waals surface area contributed by atoms with Gasteiger partial charge in [0.25, 0.3) is 0 Å². The normalized spacial score (nSPS) is 50.6. The molecule has 3 aliphatic carbocycles. The summed E-state index contributed by atoms with van der Waals surface area (Å²) in [7, 11) is 0. The molecule has 0 amide bonds. The minimum Gasteiger partial charge on any atom is -0.392 e. The maximum absolute atomic E-state index is 10.0. The van der Waals surface area contributed by atoms with Gasteiger partial charge in [0, 0.05) is 0 Å². The van der Waals surface area contributed by atoms with Crippen molar-refractivity contribution in [3.63, 3.8) is 0 Å². The van der Waals surface area contributed by atoms with E-state index in [1.54, 1.807) is 0 Å². The van der Waals surface area contributed by atoms with Gasteiger partial charge < -0.3 is 9.84 Å². The van der Waals surface area contributed by atoms with Crippen LogP contribution in [-0.2, 0) is 4.74 Å². The van der Waals surface area contributed by atoms with Crippen LogP contribution in [0.25, 0.3) is 0 Å². The Morgan fingerprint density at radius 1 is 0.818 bits per heavy atom. The Balaban J connectivity index is 0.000000131. The van der Waals surface area contributed by atoms with Crippen LogP contribution in [0.5, 0.6) is 0 Å². The van der Waals surface area contributed by atoms with Gasteiger partial charge in [-0.15, -0.1) is 0 Å². The van der Waals surface area contributed by atoms with Gasteiger partial charge >= 0.3 is 0 Å². The van der Waals surface area contributed by atoms with Gasteiger partial charge in [0.2, 0.25) is 0 Å². The molecule has 128 valence electrons. The highest BCUT2D eigenvalue weighted by molar-refractivity contribution is 5.08. The maximum Gasteiger partial charge on any atom is 0.0662 e. The first-order valence-electron chi connectivity index (χ1n) is 9.37. The summed E-state index contributed by atoms with van der Waals surface area (Å²) in [6.45, 7) is 13.4. The smallest absolute Gasteiger partial charge is 0.0662 e. The van der Waals surface area contributed by atoms with Crippen molar-refractivity contribution >= 4 is 0 Å². The fraction of sp³-hybridized carbons (Fsp3) is 1.00. The molecule has 0 aromatic rings. The highest BCUT2D eigenvalue weighted by atomic mass is 16.5. The first-order chi connectivity index (χ1) is 9.99. The van der Waals surface area contributed by atoms with E-state index in [9.17, 15) is 5.11 Å². The third-order valence-corrected chi connectivity index (χ3v) is 7.73. The zero-order chi connectivity index (χ0) is 16.4. The van der Waals surface area contributed by atoms with Crippen LogP contribution >= 0.6 is 0 Å². The molecule has 0 aromatic carbocycles. The molecular formula is C20H36O2. The van der Waals surface area contributed by atoms with Crippen molar-refractivity contribution in [3.05, 3.63) is 0 Å². The Morgan fingerprint density at radius 3 is 1.64 bits per heavy atom. The average Bonchev–Trinajstić information content (AvgIpc) is 2.87. The largest absolute Gasteiger partial charge is 0.392 e. The van der Waals surface area contributed by atoms with E-state index in [0.717, 1.165) is 11.8 Å². The molecule has 0 radical (unpaired) electrons. The van der Waals surface area contributed by atoms with E-state index >= 15 is 0 Å². The van der Waals surface area contributed by atoms with Crippen molar-refractivity contribution in [1.29, 1.82) is 0 Å². The minimum absolute atomic E-state index is 0.0613. The number of ether oxygens (including phenoxy) is 1. The van der Waals surface area contributed by atoms with Crippen LogP contribution in [0.1, 0.15) is 86.5 Å². The van der Waals surface area contributed by atoms with E-state index in [-0.39, 0.29) is 28.1 Å². The van der Waals surface area contributed by atoms with E-state index in [1.807, 2.05) is 0 Å². The van der Waals surface area contributed by atoms with Crippen LogP contribution in [0.2, 0.25) is 0 Å². The van der Waals surface area contributed by atoms with Gasteiger partial charge in [-0.2, -0.15) is 0 Å². The Labute approximate surface area is 137 Å². The quantitative estimate of drug-likeness (QED) is 0.687. The Bertz CT molecular complexity index is 423. The van der Waals surface area contributed by atoms with Crippen LogP contribution in [0, 0.1) is 22.7 Å². The summed E-state index contributed by atoms with van der Waals surface area (Å²) < 4.78 is 6.06. The van der Waals surface area contributed by atoms with Gasteiger partial charge in [0.1, 0.15) is 0 Å². The molecule has 22 heavy (non-hydrogen) atoms. The highest BCUT2D eigenvalue weighted by Crippen LogP contribution is 2.62. The second kappa shape index (κ2) is 4.96. The molecule has 0 aromatic heterocycles. The second-order valence-electron chi connectivity index (χ2n) is 10.2. The van der Waals surface area contributed by atoms with E-state index in [4.69, 9.17) is 4.74 Å². The van der Waals surface area contributed by atoms with E-state index < -0.39 is 0 Å². The molecular weight excluding hydrogens is 272 g/mol. The van der Waals surface area contributed by atoms with Crippen LogP contribution < -0.4 is 0 Å². The van der Waals surface area contributed by atoms with Gasteiger partial charge in [-0.3, -0.25) is 0 Å². The molecule has 4 bridgehead atoms. The highest BCUT2D eigenvalue weighted by Gasteiger charge is 2.58. The van der Waals surface area contributed by atoms with Crippen LogP contribution in [0.4, 0.5) is 0 Å². The maximum atomic E-state index is 10.0. The number of aliphatic hydroxyl groups excluding tert-OH is 1. The van der Waals surface area contributed by atoms with Crippen LogP contribution in [0.3, 0.4) is 0 Å². The summed E-state index contributed by atoms with van der Waals surface area (Å²) in [5.74, 6) is 1.60. The van der Waals surface area contributed by atoms with Crippen molar-refractivity contribution in [3.8, 4) is 0 Å². The lowest BCUT2D eigenvalue weighted by molar-refractivity contribution is -0.229. The van der Waals surface area contributed by atoms with Crippen LogP contribution in [-0.4, -0.2) is 22.4 Å². The first-order valence-corrected chi connectivity index (χ1v) is 9.37. The molecule has 1 N–H and O–H groups in total. The number of fused-ring (bicyclic) bond motifs is 5. The number of hydrogen-bond acceptors (Lipinski definition) is 2. The molecule has 5 fully saturated rings. The Morgan fingerprint density at radius 2 is 1.36 bits per heavy atom. The van der Waals surface area contributed by atoms with E-state index in [2.05, 4.69) is 41.5 Å². The lowest BCUT2D eigenvalue weighted by Gasteiger charge is -2.54. The van der Waals surface area contributed by atoms with Gasteiger partial charge in [0.15, 0.2) is 0 Å². The molecule has 5 aliphatic rings. The molecule has 3 saturated carbocycles. The fourth-order valence-electron chi connectivity index (χ4n) is 6.02. The Hall–Kier alpha value is -0.0800. The van der Waals surface area contributed by atoms with Gasteiger partial charge in [-0.25, -0.2) is 0 Å². The monoisotopic (exact) mass is 308 g/mol. The summed E-state index contributed by atoms with van der Waals surface area (Å²) in [6, 6.07) is 0. The number of hydrogen-bond donors (Lipinski definition) is 1. The summed E-state index contributed by atoms with van der Waals surface area (Å²) >= 11 is 0. The standard InChI is InChI=1S/2C10H18O/c1-9(2)8-4-6-10(3,11-9)7-5-8;1-9(2)7-4-5-10(3,6-7)8(9)11/h8H,4-7H2,1-3H3;7-8,11H,4-6H2,1-3H3/t;7-,8?,10+/m.1/s1. The van der Waals surface area contributed by atoms with Crippen LogP contribution in [0.15, 0.2) is 0 Å². The summed E-state index contributed by atoms with van der Waals surface area (Å²) in [5.41, 5.74) is 0.824. The van der Waals surface area contributed by atoms with Gasteiger partial charge in [-0.1, -0.05) is 20.8 Å². The summed E-state index contributed by atoms with van der Waals surface area (Å²) in [5, 5.41) is 10.0. The molecule has 3 atom stereocenters. The topological polar surface area (TPSA) is 29.5 Å². The van der Waals surface area contributed by atoms with Crippen molar-refractivity contribution in [2.75, 3.05) is 0 Å². The SMILES string of the molecule is CC1(C)C(O)[C@@]2(C)CC[C@@H]1C2.CC12CCC(CC1)C(C)(C)O2. The van der Waals surface area contributed by atoms with Crippen molar-refractivity contribution in [2.45, 2.75) is 104 Å². The number of rotatable bonds is 0. The van der Waals surface area contributed by atoms with Gasteiger partial charge in [-0.05, 0) is 88.4 Å². The summed E-state index contributed by atoms with van der Waals surface area (Å²) in [4.78, 5) is 0.